The van der Waals surface area contributed by atoms with E-state index in [0.717, 1.165) is 27.4 Å². The second-order valence-corrected chi connectivity index (χ2v) is 6.19. The zero-order valence-corrected chi connectivity index (χ0v) is 14.1. The van der Waals surface area contributed by atoms with Gasteiger partial charge < -0.3 is 9.72 Å². The smallest absolute Gasteiger partial charge is 0.310 e. The Hall–Kier alpha value is -2.85. The van der Waals surface area contributed by atoms with Gasteiger partial charge in [0, 0.05) is 28.0 Å². The number of halogens is 1. The molecule has 1 N–H and O–H groups in total. The van der Waals surface area contributed by atoms with Gasteiger partial charge in [0.15, 0.2) is 0 Å². The van der Waals surface area contributed by atoms with Crippen molar-refractivity contribution in [2.45, 2.75) is 13.0 Å². The highest BCUT2D eigenvalue weighted by molar-refractivity contribution is 6.30. The lowest BCUT2D eigenvalue weighted by molar-refractivity contribution is -0.144. The summed E-state index contributed by atoms with van der Waals surface area (Å²) < 4.78 is 5.40. The maximum absolute atomic E-state index is 12.2. The molecule has 0 fully saturated rings. The summed E-state index contributed by atoms with van der Waals surface area (Å²) in [6.07, 6.45) is 2.05. The Morgan fingerprint density at radius 3 is 2.80 bits per heavy atom. The van der Waals surface area contributed by atoms with Gasteiger partial charge in [-0.05, 0) is 23.8 Å². The number of para-hydroxylation sites is 2. The topological polar surface area (TPSA) is 55.0 Å². The number of fused-ring (bicyclic) bond motifs is 2. The monoisotopic (exact) mass is 350 g/mol. The molecule has 0 saturated heterocycles. The Morgan fingerprint density at radius 2 is 1.88 bits per heavy atom. The van der Waals surface area contributed by atoms with Gasteiger partial charge >= 0.3 is 5.97 Å². The number of aromatic nitrogens is 2. The molecule has 124 valence electrons. The molecule has 0 saturated carbocycles. The third-order valence-electron chi connectivity index (χ3n) is 4.15. The predicted octanol–water partition coefficient (Wildman–Crippen LogP) is 4.66. The van der Waals surface area contributed by atoms with Crippen molar-refractivity contribution in [1.29, 1.82) is 0 Å². The normalized spacial score (nSPS) is 11.1. The minimum atomic E-state index is -0.297. The molecule has 0 aliphatic carbocycles. The molecular weight excluding hydrogens is 336 g/mol. The lowest BCUT2D eigenvalue weighted by Gasteiger charge is -2.07. The van der Waals surface area contributed by atoms with Crippen LogP contribution >= 0.6 is 11.6 Å². The summed E-state index contributed by atoms with van der Waals surface area (Å²) in [5.41, 5.74) is 3.45. The van der Waals surface area contributed by atoms with E-state index in [1.54, 1.807) is 0 Å². The molecule has 25 heavy (non-hydrogen) atoms. The Morgan fingerprint density at radius 1 is 1.08 bits per heavy atom. The van der Waals surface area contributed by atoms with Crippen LogP contribution in [0.3, 0.4) is 0 Å². The number of nitrogens with one attached hydrogen (secondary N) is 1. The summed E-state index contributed by atoms with van der Waals surface area (Å²) in [6, 6.07) is 17.5. The van der Waals surface area contributed by atoms with Gasteiger partial charge in [-0.1, -0.05) is 48.0 Å². The summed E-state index contributed by atoms with van der Waals surface area (Å²) in [7, 11) is 0. The van der Waals surface area contributed by atoms with Gasteiger partial charge in [0.25, 0.3) is 0 Å². The van der Waals surface area contributed by atoms with E-state index in [-0.39, 0.29) is 19.0 Å². The third kappa shape index (κ3) is 3.21. The standard InChI is InChI=1S/C20H15ClN2O2/c21-20-15(9-13-5-1-3-7-17(13)23-20)12-25-19(24)10-14-11-22-18-8-4-2-6-16(14)18/h1-9,11,22H,10,12H2. The molecule has 0 atom stereocenters. The van der Waals surface area contributed by atoms with Crippen molar-refractivity contribution in [3.05, 3.63) is 77.1 Å². The van der Waals surface area contributed by atoms with Gasteiger partial charge in [-0.3, -0.25) is 4.79 Å². The fourth-order valence-corrected chi connectivity index (χ4v) is 3.08. The van der Waals surface area contributed by atoms with Crippen molar-refractivity contribution in [3.8, 4) is 0 Å². The van der Waals surface area contributed by atoms with Crippen LogP contribution < -0.4 is 0 Å². The van der Waals surface area contributed by atoms with Crippen molar-refractivity contribution in [2.75, 3.05) is 0 Å². The summed E-state index contributed by atoms with van der Waals surface area (Å²) in [6.45, 7) is 0.109. The molecule has 0 spiro atoms. The zero-order chi connectivity index (χ0) is 17.2. The van der Waals surface area contributed by atoms with Crippen molar-refractivity contribution in [1.82, 2.24) is 9.97 Å². The Bertz CT molecular complexity index is 1070. The molecule has 0 radical (unpaired) electrons. The van der Waals surface area contributed by atoms with Crippen LogP contribution in [0.1, 0.15) is 11.1 Å². The van der Waals surface area contributed by atoms with Crippen LogP contribution in [0.5, 0.6) is 0 Å². The number of pyridine rings is 1. The highest BCUT2D eigenvalue weighted by atomic mass is 35.5. The van der Waals surface area contributed by atoms with Crippen molar-refractivity contribution < 1.29 is 9.53 Å². The molecule has 2 aromatic heterocycles. The second-order valence-electron chi connectivity index (χ2n) is 5.83. The zero-order valence-electron chi connectivity index (χ0n) is 13.3. The molecule has 0 bridgehead atoms. The summed E-state index contributed by atoms with van der Waals surface area (Å²) in [5.74, 6) is -0.297. The molecule has 0 unspecified atom stereocenters. The fraction of sp³-hybridized carbons (Fsp3) is 0.100. The van der Waals surface area contributed by atoms with E-state index >= 15 is 0 Å². The number of H-pyrrole nitrogens is 1. The van der Waals surface area contributed by atoms with Crippen LogP contribution in [0.15, 0.2) is 60.8 Å². The van der Waals surface area contributed by atoms with Gasteiger partial charge in [0.05, 0.1) is 11.9 Å². The van der Waals surface area contributed by atoms with Gasteiger partial charge in [-0.25, -0.2) is 4.98 Å². The largest absolute Gasteiger partial charge is 0.460 e. The van der Waals surface area contributed by atoms with Crippen molar-refractivity contribution >= 4 is 39.4 Å². The quantitative estimate of drug-likeness (QED) is 0.430. The number of carbonyl (C=O) groups excluding carboxylic acids is 1. The molecule has 2 aromatic carbocycles. The van der Waals surface area contributed by atoms with Crippen LogP contribution in [-0.2, 0) is 22.6 Å². The van der Waals surface area contributed by atoms with Gasteiger partial charge in [-0.15, -0.1) is 0 Å². The minimum absolute atomic E-state index is 0.109. The number of nitrogens with zero attached hydrogens (tertiary/aromatic N) is 1. The van der Waals surface area contributed by atoms with Crippen LogP contribution in [0, 0.1) is 0 Å². The molecule has 4 rings (SSSR count). The lowest BCUT2D eigenvalue weighted by atomic mass is 10.1. The number of hydrogen-bond donors (Lipinski definition) is 1. The Balaban J connectivity index is 1.48. The summed E-state index contributed by atoms with van der Waals surface area (Å²) in [4.78, 5) is 19.7. The number of aromatic amines is 1. The van der Waals surface area contributed by atoms with E-state index in [4.69, 9.17) is 16.3 Å². The first-order valence-electron chi connectivity index (χ1n) is 7.95. The molecule has 4 nitrogen and oxygen atoms in total. The molecular formula is C20H15ClN2O2. The summed E-state index contributed by atoms with van der Waals surface area (Å²) in [5, 5.41) is 2.36. The highest BCUT2D eigenvalue weighted by Crippen LogP contribution is 2.22. The molecule has 0 aliphatic rings. The predicted molar refractivity (Wildman–Crippen MR) is 98.6 cm³/mol. The number of hydrogen-bond acceptors (Lipinski definition) is 3. The molecule has 2 heterocycles. The average Bonchev–Trinajstić information content (AvgIpc) is 3.03. The maximum Gasteiger partial charge on any atom is 0.310 e. The van der Waals surface area contributed by atoms with Crippen molar-refractivity contribution in [3.63, 3.8) is 0 Å². The van der Waals surface area contributed by atoms with Crippen LogP contribution in [0.4, 0.5) is 0 Å². The van der Waals surface area contributed by atoms with Crippen molar-refractivity contribution in [2.24, 2.45) is 0 Å². The van der Waals surface area contributed by atoms with E-state index in [9.17, 15) is 4.79 Å². The van der Waals surface area contributed by atoms with Gasteiger partial charge in [0.2, 0.25) is 0 Å². The van der Waals surface area contributed by atoms with Gasteiger partial charge in [-0.2, -0.15) is 0 Å². The maximum atomic E-state index is 12.2. The average molecular weight is 351 g/mol. The number of benzene rings is 2. The number of esters is 1. The second kappa shape index (κ2) is 6.57. The van der Waals surface area contributed by atoms with E-state index in [2.05, 4.69) is 9.97 Å². The first-order chi connectivity index (χ1) is 12.2. The Kier molecular flexibility index (Phi) is 4.12. The number of ether oxygens (including phenoxy) is 1. The third-order valence-corrected chi connectivity index (χ3v) is 4.48. The molecule has 0 amide bonds. The highest BCUT2D eigenvalue weighted by Gasteiger charge is 2.12. The molecule has 0 aliphatic heterocycles. The van der Waals surface area contributed by atoms with Crippen LogP contribution in [0.2, 0.25) is 5.15 Å². The van der Waals surface area contributed by atoms with E-state index in [0.29, 0.717) is 10.7 Å². The van der Waals surface area contributed by atoms with Crippen LogP contribution in [0.25, 0.3) is 21.8 Å². The van der Waals surface area contributed by atoms with Crippen LogP contribution in [-0.4, -0.2) is 15.9 Å². The lowest BCUT2D eigenvalue weighted by Crippen LogP contribution is -2.08. The fourth-order valence-electron chi connectivity index (χ4n) is 2.88. The van der Waals surface area contributed by atoms with Gasteiger partial charge in [0.1, 0.15) is 11.8 Å². The molecule has 5 heteroatoms. The van der Waals surface area contributed by atoms with E-state index in [1.165, 1.54) is 0 Å². The number of rotatable bonds is 4. The van der Waals surface area contributed by atoms with E-state index in [1.807, 2.05) is 60.8 Å². The first kappa shape index (κ1) is 15.7. The van der Waals surface area contributed by atoms with E-state index < -0.39 is 0 Å². The minimum Gasteiger partial charge on any atom is -0.460 e. The first-order valence-corrected chi connectivity index (χ1v) is 8.33. The summed E-state index contributed by atoms with van der Waals surface area (Å²) >= 11 is 6.20. The Labute approximate surface area is 149 Å². The number of carbonyl (C=O) groups is 1. The molecule has 4 aromatic rings. The SMILES string of the molecule is O=C(Cc1c[nH]c2ccccc12)OCc1cc2ccccc2nc1Cl.